The van der Waals surface area contributed by atoms with Gasteiger partial charge in [-0.25, -0.2) is 0 Å². The van der Waals surface area contributed by atoms with Crippen LogP contribution in [-0.4, -0.2) is 35.8 Å². The summed E-state index contributed by atoms with van der Waals surface area (Å²) in [4.78, 5) is 25.8. The Kier molecular flexibility index (Phi) is 6.43. The van der Waals surface area contributed by atoms with Crippen molar-refractivity contribution in [1.29, 1.82) is 0 Å². The summed E-state index contributed by atoms with van der Waals surface area (Å²) in [6.07, 6.45) is 5.82. The number of benzene rings is 1. The van der Waals surface area contributed by atoms with Gasteiger partial charge in [-0.3, -0.25) is 9.59 Å². The van der Waals surface area contributed by atoms with Crippen LogP contribution in [-0.2, 0) is 4.79 Å². The summed E-state index contributed by atoms with van der Waals surface area (Å²) in [6, 6.07) is 7.60. The molecule has 1 aromatic rings. The molecule has 0 atom stereocenters. The molecule has 0 unspecified atom stereocenters. The van der Waals surface area contributed by atoms with Crippen LogP contribution in [0.3, 0.4) is 0 Å². The minimum atomic E-state index is -0.0975. The Morgan fingerprint density at radius 1 is 1.18 bits per heavy atom. The van der Waals surface area contributed by atoms with Crippen molar-refractivity contribution >= 4 is 27.7 Å². The summed E-state index contributed by atoms with van der Waals surface area (Å²) >= 11 is 3.35. The van der Waals surface area contributed by atoms with Crippen LogP contribution in [0, 0.1) is 0 Å². The van der Waals surface area contributed by atoms with E-state index in [0.717, 1.165) is 17.3 Å². The lowest BCUT2D eigenvalue weighted by Crippen LogP contribution is -2.44. The van der Waals surface area contributed by atoms with Crippen LogP contribution >= 0.6 is 15.9 Å². The van der Waals surface area contributed by atoms with E-state index >= 15 is 0 Å². The third-order valence-electron chi connectivity index (χ3n) is 4.16. The molecule has 1 aliphatic carbocycles. The molecule has 0 aliphatic heterocycles. The Balaban J connectivity index is 1.83. The third-order valence-corrected chi connectivity index (χ3v) is 4.69. The fourth-order valence-electron chi connectivity index (χ4n) is 2.98. The predicted molar refractivity (Wildman–Crippen MR) is 90.7 cm³/mol. The van der Waals surface area contributed by atoms with Crippen LogP contribution in [0.1, 0.15) is 49.4 Å². The first kappa shape index (κ1) is 17.0. The average Bonchev–Trinajstić information content (AvgIpc) is 2.52. The largest absolute Gasteiger partial charge is 0.350 e. The van der Waals surface area contributed by atoms with E-state index in [1.807, 2.05) is 17.0 Å². The van der Waals surface area contributed by atoms with E-state index < -0.39 is 0 Å². The molecular formula is C17H23BrN2O2. The van der Waals surface area contributed by atoms with Gasteiger partial charge in [0.05, 0.1) is 0 Å². The van der Waals surface area contributed by atoms with Crippen LogP contribution in [0.4, 0.5) is 0 Å². The summed E-state index contributed by atoms with van der Waals surface area (Å²) in [5, 5.41) is 2.89. The molecule has 2 amide bonds. The number of halogens is 1. The zero-order chi connectivity index (χ0) is 15.9. The van der Waals surface area contributed by atoms with Crippen molar-refractivity contribution in [2.75, 3.05) is 13.1 Å². The number of nitrogens with zero attached hydrogens (tertiary/aromatic N) is 1. The van der Waals surface area contributed by atoms with Gasteiger partial charge in [0.2, 0.25) is 5.91 Å². The molecule has 4 nitrogen and oxygen atoms in total. The zero-order valence-corrected chi connectivity index (χ0v) is 14.6. The van der Waals surface area contributed by atoms with Gasteiger partial charge in [-0.05, 0) is 37.1 Å². The van der Waals surface area contributed by atoms with Gasteiger partial charge < -0.3 is 10.2 Å². The van der Waals surface area contributed by atoms with Crippen molar-refractivity contribution in [2.45, 2.75) is 45.1 Å². The van der Waals surface area contributed by atoms with Gasteiger partial charge >= 0.3 is 0 Å². The second-order valence-corrected chi connectivity index (χ2v) is 6.68. The molecule has 120 valence electrons. The van der Waals surface area contributed by atoms with E-state index in [0.29, 0.717) is 24.7 Å². The SMILES string of the molecule is CC(=O)N(CCNC(=O)c1ccc(Br)cc1)C1CCCCC1. The molecule has 1 aromatic carbocycles. The van der Waals surface area contributed by atoms with Crippen LogP contribution in [0.25, 0.3) is 0 Å². The van der Waals surface area contributed by atoms with E-state index in [1.165, 1.54) is 19.3 Å². The van der Waals surface area contributed by atoms with Crippen LogP contribution < -0.4 is 5.32 Å². The summed E-state index contributed by atoms with van der Waals surface area (Å²) in [6.45, 7) is 2.69. The summed E-state index contributed by atoms with van der Waals surface area (Å²) < 4.78 is 0.948. The van der Waals surface area contributed by atoms with Crippen LogP contribution in [0.5, 0.6) is 0 Å². The quantitative estimate of drug-likeness (QED) is 0.868. The molecule has 22 heavy (non-hydrogen) atoms. The summed E-state index contributed by atoms with van der Waals surface area (Å²) in [7, 11) is 0. The van der Waals surface area contributed by atoms with Crippen molar-refractivity contribution in [3.05, 3.63) is 34.3 Å². The van der Waals surface area contributed by atoms with Crippen molar-refractivity contribution in [2.24, 2.45) is 0 Å². The molecule has 5 heteroatoms. The minimum Gasteiger partial charge on any atom is -0.350 e. The van der Waals surface area contributed by atoms with Crippen molar-refractivity contribution in [1.82, 2.24) is 10.2 Å². The number of hydrogen-bond donors (Lipinski definition) is 1. The molecule has 0 spiro atoms. The Labute approximate surface area is 140 Å². The molecule has 0 heterocycles. The molecule has 1 N–H and O–H groups in total. The van der Waals surface area contributed by atoms with Crippen molar-refractivity contribution < 1.29 is 9.59 Å². The first-order valence-electron chi connectivity index (χ1n) is 7.89. The smallest absolute Gasteiger partial charge is 0.251 e. The molecule has 0 bridgehead atoms. The molecule has 1 saturated carbocycles. The Hall–Kier alpha value is -1.36. The zero-order valence-electron chi connectivity index (χ0n) is 13.0. The average molecular weight is 367 g/mol. The topological polar surface area (TPSA) is 49.4 Å². The van der Waals surface area contributed by atoms with Gasteiger partial charge in [0, 0.05) is 36.1 Å². The Morgan fingerprint density at radius 2 is 1.82 bits per heavy atom. The molecule has 0 radical (unpaired) electrons. The van der Waals surface area contributed by atoms with Crippen LogP contribution in [0.15, 0.2) is 28.7 Å². The number of hydrogen-bond acceptors (Lipinski definition) is 2. The second-order valence-electron chi connectivity index (χ2n) is 5.77. The highest BCUT2D eigenvalue weighted by atomic mass is 79.9. The lowest BCUT2D eigenvalue weighted by Gasteiger charge is -2.33. The summed E-state index contributed by atoms with van der Waals surface area (Å²) in [5.74, 6) is 0.00411. The fraction of sp³-hybridized carbons (Fsp3) is 0.529. The first-order valence-corrected chi connectivity index (χ1v) is 8.68. The number of nitrogens with one attached hydrogen (secondary N) is 1. The number of rotatable bonds is 5. The second kappa shape index (κ2) is 8.32. The first-order chi connectivity index (χ1) is 10.6. The van der Waals surface area contributed by atoms with E-state index in [9.17, 15) is 9.59 Å². The Morgan fingerprint density at radius 3 is 2.41 bits per heavy atom. The van der Waals surface area contributed by atoms with Gasteiger partial charge in [0.15, 0.2) is 0 Å². The number of carbonyl (C=O) groups is 2. The Bertz CT molecular complexity index is 510. The predicted octanol–water partition coefficient (Wildman–Crippen LogP) is 3.36. The lowest BCUT2D eigenvalue weighted by molar-refractivity contribution is -0.131. The van der Waals surface area contributed by atoms with E-state index in [-0.39, 0.29) is 11.8 Å². The third kappa shape index (κ3) is 4.83. The molecule has 1 fully saturated rings. The fourth-order valence-corrected chi connectivity index (χ4v) is 3.25. The van der Waals surface area contributed by atoms with E-state index in [1.54, 1.807) is 19.1 Å². The van der Waals surface area contributed by atoms with Gasteiger partial charge in [-0.1, -0.05) is 35.2 Å². The normalized spacial score (nSPS) is 15.4. The number of carbonyl (C=O) groups excluding carboxylic acids is 2. The summed E-state index contributed by atoms with van der Waals surface area (Å²) in [5.41, 5.74) is 0.634. The van der Waals surface area contributed by atoms with E-state index in [4.69, 9.17) is 0 Å². The van der Waals surface area contributed by atoms with Gasteiger partial charge in [-0.15, -0.1) is 0 Å². The standard InChI is InChI=1S/C17H23BrN2O2/c1-13(21)20(16-5-3-2-4-6-16)12-11-19-17(22)14-7-9-15(18)10-8-14/h7-10,16H,2-6,11-12H2,1H3,(H,19,22). The number of amides is 2. The molecule has 1 aliphatic rings. The lowest BCUT2D eigenvalue weighted by atomic mass is 9.94. The molecule has 2 rings (SSSR count). The highest BCUT2D eigenvalue weighted by Crippen LogP contribution is 2.22. The van der Waals surface area contributed by atoms with E-state index in [2.05, 4.69) is 21.2 Å². The van der Waals surface area contributed by atoms with Crippen molar-refractivity contribution in [3.63, 3.8) is 0 Å². The van der Waals surface area contributed by atoms with Crippen molar-refractivity contribution in [3.8, 4) is 0 Å². The minimum absolute atomic E-state index is 0.0975. The maximum Gasteiger partial charge on any atom is 0.251 e. The molecular weight excluding hydrogens is 344 g/mol. The molecule has 0 aromatic heterocycles. The van der Waals surface area contributed by atoms with Gasteiger partial charge in [0.25, 0.3) is 5.91 Å². The molecule has 0 saturated heterocycles. The van der Waals surface area contributed by atoms with Gasteiger partial charge in [0.1, 0.15) is 0 Å². The maximum atomic E-state index is 12.1. The van der Waals surface area contributed by atoms with Gasteiger partial charge in [-0.2, -0.15) is 0 Å². The van der Waals surface area contributed by atoms with Crippen LogP contribution in [0.2, 0.25) is 0 Å². The highest BCUT2D eigenvalue weighted by molar-refractivity contribution is 9.10. The monoisotopic (exact) mass is 366 g/mol. The highest BCUT2D eigenvalue weighted by Gasteiger charge is 2.22. The maximum absolute atomic E-state index is 12.1.